The Bertz CT molecular complexity index is 716. The fourth-order valence-corrected chi connectivity index (χ4v) is 2.77. The first-order chi connectivity index (χ1) is 12.0. The molecule has 4 nitrogen and oxygen atoms in total. The summed E-state index contributed by atoms with van der Waals surface area (Å²) < 4.78 is 18.3. The smallest absolute Gasteiger partial charge is 0.237 e. The summed E-state index contributed by atoms with van der Waals surface area (Å²) in [5, 5.41) is 2.57. The van der Waals surface area contributed by atoms with E-state index < -0.39 is 0 Å². The van der Waals surface area contributed by atoms with Gasteiger partial charge < -0.3 is 10.1 Å². The molecule has 1 N–H and O–H groups in total. The summed E-state index contributed by atoms with van der Waals surface area (Å²) in [4.78, 5) is 23.4. The van der Waals surface area contributed by atoms with Crippen molar-refractivity contribution in [3.05, 3.63) is 59.9 Å². The third-order valence-electron chi connectivity index (χ3n) is 3.46. The van der Waals surface area contributed by atoms with Crippen molar-refractivity contribution in [3.8, 4) is 5.75 Å². The Balaban J connectivity index is 1.72. The highest BCUT2D eigenvalue weighted by molar-refractivity contribution is 8.00. The van der Waals surface area contributed by atoms with Crippen LogP contribution in [0.25, 0.3) is 0 Å². The van der Waals surface area contributed by atoms with Gasteiger partial charge in [-0.1, -0.05) is 0 Å². The molecule has 0 bridgehead atoms. The standard InChI is InChI=1S/C19H20FNO3S/c1-13(22)15-3-7-17(8-4-15)21-19(23)14(2)25-12-11-24-18-9-5-16(20)6-10-18/h3-10,14H,11-12H2,1-2H3,(H,21,23)/t14-/m0/s1. The van der Waals surface area contributed by atoms with Crippen molar-refractivity contribution < 1.29 is 18.7 Å². The number of ether oxygens (including phenoxy) is 1. The Morgan fingerprint density at radius 3 is 2.36 bits per heavy atom. The van der Waals surface area contributed by atoms with Gasteiger partial charge in [-0.3, -0.25) is 9.59 Å². The summed E-state index contributed by atoms with van der Waals surface area (Å²) in [6, 6.07) is 12.6. The lowest BCUT2D eigenvalue weighted by Crippen LogP contribution is -2.23. The van der Waals surface area contributed by atoms with Gasteiger partial charge in [-0.25, -0.2) is 4.39 Å². The number of anilines is 1. The van der Waals surface area contributed by atoms with E-state index in [1.54, 1.807) is 36.4 Å². The van der Waals surface area contributed by atoms with E-state index in [4.69, 9.17) is 4.74 Å². The molecule has 0 saturated heterocycles. The molecule has 1 amide bonds. The Labute approximate surface area is 150 Å². The first-order valence-corrected chi connectivity index (χ1v) is 8.92. The van der Waals surface area contributed by atoms with Crippen LogP contribution < -0.4 is 10.1 Å². The summed E-state index contributed by atoms with van der Waals surface area (Å²) in [5.74, 6) is 0.813. The molecule has 6 heteroatoms. The van der Waals surface area contributed by atoms with Gasteiger partial charge >= 0.3 is 0 Å². The zero-order valence-electron chi connectivity index (χ0n) is 14.1. The molecule has 25 heavy (non-hydrogen) atoms. The number of benzene rings is 2. The Morgan fingerprint density at radius 2 is 1.76 bits per heavy atom. The number of rotatable bonds is 8. The van der Waals surface area contributed by atoms with Crippen LogP contribution in [-0.2, 0) is 4.79 Å². The van der Waals surface area contributed by atoms with Crippen molar-refractivity contribution in [2.24, 2.45) is 0 Å². The molecule has 0 radical (unpaired) electrons. The first-order valence-electron chi connectivity index (χ1n) is 7.87. The van der Waals surface area contributed by atoms with Gasteiger partial charge in [0.15, 0.2) is 5.78 Å². The van der Waals surface area contributed by atoms with Gasteiger partial charge in [0.1, 0.15) is 11.6 Å². The van der Waals surface area contributed by atoms with E-state index in [-0.39, 0.29) is 22.8 Å². The zero-order chi connectivity index (χ0) is 18.2. The Kier molecular flexibility index (Phi) is 7.01. The van der Waals surface area contributed by atoms with Crippen LogP contribution in [0.4, 0.5) is 10.1 Å². The minimum atomic E-state index is -0.302. The summed E-state index contributed by atoms with van der Waals surface area (Å²) in [5.41, 5.74) is 1.27. The molecule has 0 aromatic heterocycles. The van der Waals surface area contributed by atoms with E-state index in [9.17, 15) is 14.0 Å². The van der Waals surface area contributed by atoms with E-state index in [0.29, 0.717) is 29.4 Å². The number of carbonyl (C=O) groups is 2. The Hall–Kier alpha value is -2.34. The quantitative estimate of drug-likeness (QED) is 0.566. The number of halogens is 1. The monoisotopic (exact) mass is 361 g/mol. The highest BCUT2D eigenvalue weighted by atomic mass is 32.2. The van der Waals surface area contributed by atoms with Crippen LogP contribution in [0, 0.1) is 5.82 Å². The van der Waals surface area contributed by atoms with E-state index >= 15 is 0 Å². The molecule has 2 rings (SSSR count). The molecule has 0 aliphatic carbocycles. The molecule has 0 aliphatic heterocycles. The van der Waals surface area contributed by atoms with Crippen molar-refractivity contribution in [3.63, 3.8) is 0 Å². The van der Waals surface area contributed by atoms with Crippen LogP contribution in [0.1, 0.15) is 24.2 Å². The van der Waals surface area contributed by atoms with Gasteiger partial charge in [0.05, 0.1) is 11.9 Å². The molecular formula is C19H20FNO3S. The van der Waals surface area contributed by atoms with Crippen LogP contribution in [-0.4, -0.2) is 29.3 Å². The summed E-state index contributed by atoms with van der Waals surface area (Å²) >= 11 is 1.47. The molecule has 2 aromatic carbocycles. The third kappa shape index (κ3) is 6.23. The van der Waals surface area contributed by atoms with Crippen LogP contribution in [0.15, 0.2) is 48.5 Å². The van der Waals surface area contributed by atoms with Gasteiger partial charge in [-0.15, -0.1) is 11.8 Å². The van der Waals surface area contributed by atoms with Gasteiger partial charge in [0.25, 0.3) is 0 Å². The molecule has 0 fully saturated rings. The SMILES string of the molecule is CC(=O)c1ccc(NC(=O)[C@H](C)SCCOc2ccc(F)cc2)cc1. The molecule has 0 unspecified atom stereocenters. The number of hydrogen-bond acceptors (Lipinski definition) is 4. The van der Waals surface area contributed by atoms with Crippen molar-refractivity contribution in [2.45, 2.75) is 19.1 Å². The predicted molar refractivity (Wildman–Crippen MR) is 98.9 cm³/mol. The number of ketones is 1. The first kappa shape index (κ1) is 19.0. The Morgan fingerprint density at radius 1 is 1.12 bits per heavy atom. The predicted octanol–water partition coefficient (Wildman–Crippen LogP) is 4.17. The van der Waals surface area contributed by atoms with Crippen LogP contribution >= 0.6 is 11.8 Å². The largest absolute Gasteiger partial charge is 0.493 e. The van der Waals surface area contributed by atoms with Crippen molar-refractivity contribution in [1.82, 2.24) is 0 Å². The van der Waals surface area contributed by atoms with Gasteiger partial charge in [-0.05, 0) is 62.4 Å². The number of hydrogen-bond donors (Lipinski definition) is 1. The highest BCUT2D eigenvalue weighted by Gasteiger charge is 2.13. The third-order valence-corrected chi connectivity index (χ3v) is 4.58. The number of Topliss-reactive ketones (excluding diaryl/α,β-unsaturated/α-hetero) is 1. The molecule has 0 heterocycles. The van der Waals surface area contributed by atoms with Crippen LogP contribution in [0.3, 0.4) is 0 Å². The van der Waals surface area contributed by atoms with Crippen LogP contribution in [0.5, 0.6) is 5.75 Å². The van der Waals surface area contributed by atoms with E-state index in [2.05, 4.69) is 5.32 Å². The lowest BCUT2D eigenvalue weighted by atomic mass is 10.1. The maximum atomic E-state index is 12.8. The minimum absolute atomic E-state index is 0.0112. The van der Waals surface area contributed by atoms with Crippen molar-refractivity contribution in [2.75, 3.05) is 17.7 Å². The number of amides is 1. The normalized spacial score (nSPS) is 11.6. The molecular weight excluding hydrogens is 341 g/mol. The lowest BCUT2D eigenvalue weighted by Gasteiger charge is -2.12. The second-order valence-corrected chi connectivity index (χ2v) is 6.89. The molecule has 0 spiro atoms. The average molecular weight is 361 g/mol. The van der Waals surface area contributed by atoms with Crippen molar-refractivity contribution >= 4 is 29.1 Å². The summed E-state index contributed by atoms with van der Waals surface area (Å²) in [7, 11) is 0. The molecule has 132 valence electrons. The maximum absolute atomic E-state index is 12.8. The average Bonchev–Trinajstić information content (AvgIpc) is 2.60. The van der Waals surface area contributed by atoms with Gasteiger partial charge in [0, 0.05) is 17.0 Å². The molecule has 0 saturated carbocycles. The number of carbonyl (C=O) groups excluding carboxylic acids is 2. The van der Waals surface area contributed by atoms with E-state index in [1.807, 2.05) is 6.92 Å². The minimum Gasteiger partial charge on any atom is -0.493 e. The highest BCUT2D eigenvalue weighted by Crippen LogP contribution is 2.16. The van der Waals surface area contributed by atoms with Gasteiger partial charge in [0.2, 0.25) is 5.91 Å². The maximum Gasteiger partial charge on any atom is 0.237 e. The van der Waals surface area contributed by atoms with Crippen LogP contribution in [0.2, 0.25) is 0 Å². The molecule has 1 atom stereocenters. The van der Waals surface area contributed by atoms with E-state index in [1.165, 1.54) is 30.8 Å². The summed E-state index contributed by atoms with van der Waals surface area (Å²) in [6.07, 6.45) is 0. The topological polar surface area (TPSA) is 55.4 Å². The van der Waals surface area contributed by atoms with E-state index in [0.717, 1.165) is 0 Å². The fraction of sp³-hybridized carbons (Fsp3) is 0.263. The molecule has 2 aromatic rings. The summed E-state index contributed by atoms with van der Waals surface area (Å²) in [6.45, 7) is 3.75. The second kappa shape index (κ2) is 9.22. The number of thioether (sulfide) groups is 1. The zero-order valence-corrected chi connectivity index (χ0v) is 14.9. The molecule has 0 aliphatic rings. The van der Waals surface area contributed by atoms with Crippen molar-refractivity contribution in [1.29, 1.82) is 0 Å². The number of nitrogens with one attached hydrogen (secondary N) is 1. The van der Waals surface area contributed by atoms with Gasteiger partial charge in [-0.2, -0.15) is 0 Å². The second-order valence-electron chi connectivity index (χ2n) is 5.44. The fourth-order valence-electron chi connectivity index (χ4n) is 2.02. The lowest BCUT2D eigenvalue weighted by molar-refractivity contribution is -0.115.